The summed E-state index contributed by atoms with van der Waals surface area (Å²) >= 11 is 1.46. The Labute approximate surface area is 176 Å². The molecule has 0 aliphatic carbocycles. The highest BCUT2D eigenvalue weighted by molar-refractivity contribution is 7.12. The molecule has 1 aromatic carbocycles. The molecule has 0 radical (unpaired) electrons. The summed E-state index contributed by atoms with van der Waals surface area (Å²) in [6.07, 6.45) is 1.89. The van der Waals surface area contributed by atoms with Crippen LogP contribution in [0.3, 0.4) is 0 Å². The summed E-state index contributed by atoms with van der Waals surface area (Å²) in [7, 11) is 1.62. The molecule has 2 amide bonds. The highest BCUT2D eigenvalue weighted by Crippen LogP contribution is 2.28. The Morgan fingerprint density at radius 3 is 2.59 bits per heavy atom. The Hall–Kier alpha value is -2.54. The summed E-state index contributed by atoms with van der Waals surface area (Å²) in [5, 5.41) is 1.91. The first-order valence-corrected chi connectivity index (χ1v) is 10.9. The zero-order valence-corrected chi connectivity index (χ0v) is 17.9. The van der Waals surface area contributed by atoms with Crippen LogP contribution in [0.25, 0.3) is 0 Å². The van der Waals surface area contributed by atoms with E-state index in [1.807, 2.05) is 52.4 Å². The van der Waals surface area contributed by atoms with Gasteiger partial charge in [-0.2, -0.15) is 0 Å². The molecule has 3 rings (SSSR count). The van der Waals surface area contributed by atoms with Crippen LogP contribution >= 0.6 is 11.3 Å². The number of amides is 2. The lowest BCUT2D eigenvalue weighted by molar-refractivity contribution is -0.131. The van der Waals surface area contributed by atoms with Gasteiger partial charge in [-0.1, -0.05) is 12.1 Å². The maximum absolute atomic E-state index is 12.7. The molecule has 1 aromatic heterocycles. The molecule has 0 N–H and O–H groups in total. The quantitative estimate of drug-likeness (QED) is 0.694. The topological polar surface area (TPSA) is 59.1 Å². The highest BCUT2D eigenvalue weighted by Gasteiger charge is 2.23. The summed E-state index contributed by atoms with van der Waals surface area (Å²) < 4.78 is 10.9. The summed E-state index contributed by atoms with van der Waals surface area (Å²) in [4.78, 5) is 29.8. The molecule has 1 aliphatic heterocycles. The largest absolute Gasteiger partial charge is 0.493 e. The number of carbonyl (C=O) groups is 2. The van der Waals surface area contributed by atoms with Crippen LogP contribution < -0.4 is 9.47 Å². The van der Waals surface area contributed by atoms with Crippen molar-refractivity contribution in [1.29, 1.82) is 0 Å². The Kier molecular flexibility index (Phi) is 7.52. The molecule has 1 aliphatic rings. The van der Waals surface area contributed by atoms with Crippen LogP contribution in [-0.4, -0.2) is 61.5 Å². The van der Waals surface area contributed by atoms with E-state index < -0.39 is 0 Å². The molecule has 0 bridgehead atoms. The molecule has 2 heterocycles. The van der Waals surface area contributed by atoms with Crippen molar-refractivity contribution in [3.05, 3.63) is 46.2 Å². The first-order chi connectivity index (χ1) is 14.1. The Morgan fingerprint density at radius 1 is 1.07 bits per heavy atom. The summed E-state index contributed by atoms with van der Waals surface area (Å²) in [6.45, 7) is 5.07. The minimum atomic E-state index is 0.0655. The summed E-state index contributed by atoms with van der Waals surface area (Å²) in [5.41, 5.74) is 1.04. The van der Waals surface area contributed by atoms with Gasteiger partial charge in [0, 0.05) is 32.6 Å². The van der Waals surface area contributed by atoms with Crippen molar-refractivity contribution < 1.29 is 19.1 Å². The van der Waals surface area contributed by atoms with E-state index in [9.17, 15) is 9.59 Å². The van der Waals surface area contributed by atoms with E-state index in [0.717, 1.165) is 16.9 Å². The van der Waals surface area contributed by atoms with Crippen molar-refractivity contribution in [2.24, 2.45) is 0 Å². The average molecular weight is 417 g/mol. The number of hydrogen-bond acceptors (Lipinski definition) is 5. The lowest BCUT2D eigenvalue weighted by Crippen LogP contribution is -2.37. The maximum atomic E-state index is 12.7. The number of carbonyl (C=O) groups excluding carboxylic acids is 2. The van der Waals surface area contributed by atoms with Crippen molar-refractivity contribution in [3.8, 4) is 11.5 Å². The molecule has 1 fully saturated rings. The Bertz CT molecular complexity index is 822. The second kappa shape index (κ2) is 10.3. The molecule has 0 unspecified atom stereocenters. The van der Waals surface area contributed by atoms with Crippen LogP contribution in [-0.2, 0) is 11.2 Å². The van der Waals surface area contributed by atoms with E-state index >= 15 is 0 Å². The van der Waals surface area contributed by atoms with Gasteiger partial charge in [-0.15, -0.1) is 11.3 Å². The molecular formula is C22H28N2O4S. The first-order valence-electron chi connectivity index (χ1n) is 10.0. The minimum absolute atomic E-state index is 0.0655. The van der Waals surface area contributed by atoms with Gasteiger partial charge < -0.3 is 19.3 Å². The van der Waals surface area contributed by atoms with Crippen molar-refractivity contribution >= 4 is 23.2 Å². The fourth-order valence-corrected chi connectivity index (χ4v) is 4.17. The van der Waals surface area contributed by atoms with E-state index in [-0.39, 0.29) is 11.8 Å². The molecule has 0 atom stereocenters. The molecule has 6 nitrogen and oxygen atoms in total. The van der Waals surface area contributed by atoms with Gasteiger partial charge >= 0.3 is 0 Å². The standard InChI is InChI=1S/C22H28N2O4S/c1-3-28-18-9-7-17(16-19(18)27-2)8-10-21(25)23-11-5-12-24(14-13-23)22(26)20-6-4-15-29-20/h4,6-7,9,15-16H,3,5,8,10-14H2,1-2H3. The minimum Gasteiger partial charge on any atom is -0.493 e. The van der Waals surface area contributed by atoms with Crippen LogP contribution in [0, 0.1) is 0 Å². The second-order valence-corrected chi connectivity index (χ2v) is 7.87. The Morgan fingerprint density at radius 2 is 1.86 bits per heavy atom. The van der Waals surface area contributed by atoms with Gasteiger partial charge in [0.15, 0.2) is 11.5 Å². The normalized spacial score (nSPS) is 14.4. The molecule has 156 valence electrons. The van der Waals surface area contributed by atoms with Crippen molar-refractivity contribution in [2.75, 3.05) is 39.9 Å². The number of rotatable bonds is 7. The predicted octanol–water partition coefficient (Wildman–Crippen LogP) is 3.46. The van der Waals surface area contributed by atoms with Gasteiger partial charge in [0.05, 0.1) is 18.6 Å². The molecule has 2 aromatic rings. The van der Waals surface area contributed by atoms with Crippen LogP contribution in [0.5, 0.6) is 11.5 Å². The van der Waals surface area contributed by atoms with Crippen molar-refractivity contribution in [2.45, 2.75) is 26.2 Å². The van der Waals surface area contributed by atoms with Gasteiger partial charge in [0.1, 0.15) is 0 Å². The van der Waals surface area contributed by atoms with Gasteiger partial charge in [0.2, 0.25) is 5.91 Å². The van der Waals surface area contributed by atoms with Gasteiger partial charge in [-0.25, -0.2) is 0 Å². The van der Waals surface area contributed by atoms with Crippen molar-refractivity contribution in [1.82, 2.24) is 9.80 Å². The van der Waals surface area contributed by atoms with Crippen molar-refractivity contribution in [3.63, 3.8) is 0 Å². The van der Waals surface area contributed by atoms with Crippen LogP contribution in [0.15, 0.2) is 35.7 Å². The SMILES string of the molecule is CCOc1ccc(CCC(=O)N2CCCN(C(=O)c3cccs3)CC2)cc1OC. The number of aryl methyl sites for hydroxylation is 1. The molecular weight excluding hydrogens is 388 g/mol. The third-order valence-corrected chi connectivity index (χ3v) is 5.88. The first kappa shape index (κ1) is 21.2. The molecule has 0 spiro atoms. The molecule has 0 saturated carbocycles. The number of hydrogen-bond donors (Lipinski definition) is 0. The van der Waals surface area contributed by atoms with Crippen LogP contribution in [0.1, 0.15) is 35.0 Å². The second-order valence-electron chi connectivity index (χ2n) is 6.92. The van der Waals surface area contributed by atoms with E-state index in [1.165, 1.54) is 11.3 Å². The zero-order chi connectivity index (χ0) is 20.6. The van der Waals surface area contributed by atoms with Gasteiger partial charge in [0.25, 0.3) is 5.91 Å². The highest BCUT2D eigenvalue weighted by atomic mass is 32.1. The monoisotopic (exact) mass is 416 g/mol. The zero-order valence-electron chi connectivity index (χ0n) is 17.1. The van der Waals surface area contributed by atoms with E-state index in [4.69, 9.17) is 9.47 Å². The molecule has 1 saturated heterocycles. The smallest absolute Gasteiger partial charge is 0.263 e. The van der Waals surface area contributed by atoms with E-state index in [0.29, 0.717) is 57.1 Å². The fraction of sp³-hybridized carbons (Fsp3) is 0.455. The lowest BCUT2D eigenvalue weighted by atomic mass is 10.1. The number of benzene rings is 1. The number of ether oxygens (including phenoxy) is 2. The fourth-order valence-electron chi connectivity index (χ4n) is 3.48. The Balaban J connectivity index is 1.53. The summed E-state index contributed by atoms with van der Waals surface area (Å²) in [6, 6.07) is 9.54. The summed E-state index contributed by atoms with van der Waals surface area (Å²) in [5.74, 6) is 1.60. The van der Waals surface area contributed by atoms with E-state index in [2.05, 4.69) is 0 Å². The van der Waals surface area contributed by atoms with Gasteiger partial charge in [-0.05, 0) is 48.9 Å². The van der Waals surface area contributed by atoms with E-state index in [1.54, 1.807) is 7.11 Å². The third kappa shape index (κ3) is 5.50. The van der Waals surface area contributed by atoms with Crippen LogP contribution in [0.4, 0.5) is 0 Å². The number of nitrogens with zero attached hydrogens (tertiary/aromatic N) is 2. The number of methoxy groups -OCH3 is 1. The maximum Gasteiger partial charge on any atom is 0.263 e. The lowest BCUT2D eigenvalue weighted by Gasteiger charge is -2.22. The van der Waals surface area contributed by atoms with Crippen LogP contribution in [0.2, 0.25) is 0 Å². The van der Waals surface area contributed by atoms with Gasteiger partial charge in [-0.3, -0.25) is 9.59 Å². The molecule has 29 heavy (non-hydrogen) atoms. The third-order valence-electron chi connectivity index (χ3n) is 5.02. The number of thiophene rings is 1. The average Bonchev–Trinajstić information content (AvgIpc) is 3.17. The predicted molar refractivity (Wildman–Crippen MR) is 114 cm³/mol. The molecule has 7 heteroatoms.